The second-order valence-electron chi connectivity index (χ2n) is 2.02. The van der Waals surface area contributed by atoms with Crippen molar-refractivity contribution < 1.29 is 5.11 Å². The maximum absolute atomic E-state index is 9.25. The first-order chi connectivity index (χ1) is 4.25. The van der Waals surface area contributed by atoms with Gasteiger partial charge in [0.15, 0.2) is 0 Å². The number of thiophene rings is 1. The monoisotopic (exact) mass is 142 g/mol. The second-order valence-corrected chi connectivity index (χ2v) is 3.10. The first kappa shape index (κ1) is 6.62. The molecule has 0 bridgehead atoms. The molecule has 0 saturated heterocycles. The predicted octanol–water partition coefficient (Wildman–Crippen LogP) is 2.32. The average Bonchev–Trinajstić information content (AvgIpc) is 2.15. The Morgan fingerprint density at radius 1 is 1.67 bits per heavy atom. The van der Waals surface area contributed by atoms with E-state index in [-0.39, 0.29) is 0 Å². The van der Waals surface area contributed by atoms with E-state index in [1.54, 1.807) is 11.3 Å². The molecule has 1 rings (SSSR count). The molecular weight excluding hydrogens is 132 g/mol. The summed E-state index contributed by atoms with van der Waals surface area (Å²) in [6.45, 7) is 3.97. The van der Waals surface area contributed by atoms with Crippen LogP contribution in [0.15, 0.2) is 5.38 Å². The number of aryl methyl sites for hydroxylation is 2. The SMILES string of the molecule is CCc1csc(C)c1O. The molecule has 0 unspecified atom stereocenters. The smallest absolute Gasteiger partial charge is 0.132 e. The highest BCUT2D eigenvalue weighted by molar-refractivity contribution is 7.10. The summed E-state index contributed by atoms with van der Waals surface area (Å²) in [7, 11) is 0. The minimum Gasteiger partial charge on any atom is -0.507 e. The third-order valence-electron chi connectivity index (χ3n) is 1.40. The van der Waals surface area contributed by atoms with Crippen molar-refractivity contribution in [1.29, 1.82) is 0 Å². The summed E-state index contributed by atoms with van der Waals surface area (Å²) < 4.78 is 0. The van der Waals surface area contributed by atoms with Crippen molar-refractivity contribution in [1.82, 2.24) is 0 Å². The molecule has 1 N–H and O–H groups in total. The van der Waals surface area contributed by atoms with E-state index in [0.29, 0.717) is 5.75 Å². The molecule has 0 aliphatic heterocycles. The highest BCUT2D eigenvalue weighted by Gasteiger charge is 2.02. The average molecular weight is 142 g/mol. The normalized spacial score (nSPS) is 10.0. The Labute approximate surface area is 59.0 Å². The van der Waals surface area contributed by atoms with Gasteiger partial charge in [-0.3, -0.25) is 0 Å². The molecule has 0 amide bonds. The predicted molar refractivity (Wildman–Crippen MR) is 40.1 cm³/mol. The standard InChI is InChI=1S/C7H10OS/c1-3-6-4-9-5(2)7(6)8/h4,8H,3H2,1-2H3. The van der Waals surface area contributed by atoms with Gasteiger partial charge in [0.2, 0.25) is 0 Å². The minimum atomic E-state index is 0.488. The Morgan fingerprint density at radius 3 is 2.56 bits per heavy atom. The molecule has 0 radical (unpaired) electrons. The Hall–Kier alpha value is -0.500. The first-order valence-electron chi connectivity index (χ1n) is 3.01. The Morgan fingerprint density at radius 2 is 2.33 bits per heavy atom. The number of aromatic hydroxyl groups is 1. The summed E-state index contributed by atoms with van der Waals surface area (Å²) in [4.78, 5) is 1.02. The van der Waals surface area contributed by atoms with Gasteiger partial charge in [-0.25, -0.2) is 0 Å². The van der Waals surface area contributed by atoms with E-state index in [1.807, 2.05) is 19.2 Å². The van der Waals surface area contributed by atoms with Crippen LogP contribution in [-0.4, -0.2) is 5.11 Å². The van der Waals surface area contributed by atoms with Crippen LogP contribution in [0.4, 0.5) is 0 Å². The van der Waals surface area contributed by atoms with E-state index in [9.17, 15) is 5.11 Å². The lowest BCUT2D eigenvalue weighted by atomic mass is 10.2. The number of hydrogen-bond acceptors (Lipinski definition) is 2. The molecule has 1 aromatic heterocycles. The van der Waals surface area contributed by atoms with E-state index >= 15 is 0 Å². The zero-order chi connectivity index (χ0) is 6.85. The van der Waals surface area contributed by atoms with Gasteiger partial charge in [0.25, 0.3) is 0 Å². The van der Waals surface area contributed by atoms with E-state index in [4.69, 9.17) is 0 Å². The molecule has 2 heteroatoms. The van der Waals surface area contributed by atoms with Crippen molar-refractivity contribution in [2.75, 3.05) is 0 Å². The highest BCUT2D eigenvalue weighted by atomic mass is 32.1. The molecule has 1 nitrogen and oxygen atoms in total. The Balaban J connectivity index is 3.04. The van der Waals surface area contributed by atoms with Gasteiger partial charge in [-0.15, -0.1) is 11.3 Å². The van der Waals surface area contributed by atoms with Crippen LogP contribution in [-0.2, 0) is 6.42 Å². The lowest BCUT2D eigenvalue weighted by Crippen LogP contribution is -1.72. The van der Waals surface area contributed by atoms with Crippen molar-refractivity contribution >= 4 is 11.3 Å². The summed E-state index contributed by atoms with van der Waals surface area (Å²) in [5, 5.41) is 11.3. The number of hydrogen-bond donors (Lipinski definition) is 1. The van der Waals surface area contributed by atoms with Crippen LogP contribution in [0.25, 0.3) is 0 Å². The van der Waals surface area contributed by atoms with Gasteiger partial charge in [-0.2, -0.15) is 0 Å². The fourth-order valence-electron chi connectivity index (χ4n) is 0.748. The zero-order valence-corrected chi connectivity index (χ0v) is 6.46. The van der Waals surface area contributed by atoms with Gasteiger partial charge in [0.05, 0.1) is 0 Å². The largest absolute Gasteiger partial charge is 0.507 e. The molecule has 0 fully saturated rings. The van der Waals surface area contributed by atoms with Crippen molar-refractivity contribution in [2.24, 2.45) is 0 Å². The van der Waals surface area contributed by atoms with E-state index < -0.39 is 0 Å². The third kappa shape index (κ3) is 1.08. The van der Waals surface area contributed by atoms with Gasteiger partial charge in [-0.05, 0) is 18.7 Å². The molecule has 0 spiro atoms. The maximum Gasteiger partial charge on any atom is 0.132 e. The van der Waals surface area contributed by atoms with Crippen LogP contribution in [0.3, 0.4) is 0 Å². The fraction of sp³-hybridized carbons (Fsp3) is 0.429. The highest BCUT2D eigenvalue weighted by Crippen LogP contribution is 2.28. The molecule has 1 heterocycles. The fourth-order valence-corrected chi connectivity index (χ4v) is 1.59. The molecule has 50 valence electrons. The zero-order valence-electron chi connectivity index (χ0n) is 5.64. The molecule has 9 heavy (non-hydrogen) atoms. The summed E-state index contributed by atoms with van der Waals surface area (Å²) in [6.07, 6.45) is 0.927. The van der Waals surface area contributed by atoms with Crippen LogP contribution in [0.1, 0.15) is 17.4 Å². The van der Waals surface area contributed by atoms with E-state index in [2.05, 4.69) is 0 Å². The van der Waals surface area contributed by atoms with E-state index in [1.165, 1.54) is 0 Å². The van der Waals surface area contributed by atoms with Gasteiger partial charge >= 0.3 is 0 Å². The summed E-state index contributed by atoms with van der Waals surface area (Å²) >= 11 is 1.61. The van der Waals surface area contributed by atoms with Gasteiger partial charge in [0, 0.05) is 10.4 Å². The summed E-state index contributed by atoms with van der Waals surface area (Å²) in [5.74, 6) is 0.488. The lowest BCUT2D eigenvalue weighted by molar-refractivity contribution is 0.468. The molecular formula is C7H10OS. The van der Waals surface area contributed by atoms with Gasteiger partial charge in [-0.1, -0.05) is 6.92 Å². The van der Waals surface area contributed by atoms with Crippen molar-refractivity contribution in [3.63, 3.8) is 0 Å². The third-order valence-corrected chi connectivity index (χ3v) is 2.35. The Kier molecular flexibility index (Phi) is 1.76. The van der Waals surface area contributed by atoms with Crippen LogP contribution in [0.2, 0.25) is 0 Å². The van der Waals surface area contributed by atoms with Crippen LogP contribution < -0.4 is 0 Å². The molecule has 0 atom stereocenters. The van der Waals surface area contributed by atoms with Crippen LogP contribution in [0, 0.1) is 6.92 Å². The van der Waals surface area contributed by atoms with Crippen LogP contribution in [0.5, 0.6) is 5.75 Å². The first-order valence-corrected chi connectivity index (χ1v) is 3.89. The molecule has 0 aliphatic rings. The Bertz CT molecular complexity index is 203. The quantitative estimate of drug-likeness (QED) is 0.638. The summed E-state index contributed by atoms with van der Waals surface area (Å²) in [6, 6.07) is 0. The molecule has 0 aliphatic carbocycles. The second kappa shape index (κ2) is 2.40. The van der Waals surface area contributed by atoms with Gasteiger partial charge in [0.1, 0.15) is 5.75 Å². The van der Waals surface area contributed by atoms with Crippen molar-refractivity contribution in [2.45, 2.75) is 20.3 Å². The van der Waals surface area contributed by atoms with Crippen molar-refractivity contribution in [3.05, 3.63) is 15.8 Å². The number of rotatable bonds is 1. The maximum atomic E-state index is 9.25. The topological polar surface area (TPSA) is 20.2 Å². The van der Waals surface area contributed by atoms with Crippen molar-refractivity contribution in [3.8, 4) is 5.75 Å². The van der Waals surface area contributed by atoms with Gasteiger partial charge < -0.3 is 5.11 Å². The van der Waals surface area contributed by atoms with Crippen LogP contribution >= 0.6 is 11.3 Å². The minimum absolute atomic E-state index is 0.488. The lowest BCUT2D eigenvalue weighted by Gasteiger charge is -1.90. The molecule has 1 aromatic rings. The molecule has 0 saturated carbocycles. The summed E-state index contributed by atoms with van der Waals surface area (Å²) in [5.41, 5.74) is 1.07. The van der Waals surface area contributed by atoms with E-state index in [0.717, 1.165) is 16.9 Å². The molecule has 0 aromatic carbocycles.